The van der Waals surface area contributed by atoms with Crippen LogP contribution >= 0.6 is 0 Å². The quantitative estimate of drug-likeness (QED) is 0.629. The third kappa shape index (κ3) is 4.25. The van der Waals surface area contributed by atoms with Gasteiger partial charge in [0.1, 0.15) is 5.82 Å². The van der Waals surface area contributed by atoms with Crippen LogP contribution in [0.25, 0.3) is 0 Å². The van der Waals surface area contributed by atoms with E-state index in [1.54, 1.807) is 37.1 Å². The average Bonchev–Trinajstić information content (AvgIpc) is 2.21. The number of rotatable bonds is 0. The van der Waals surface area contributed by atoms with Crippen LogP contribution in [-0.4, -0.2) is 19.9 Å². The molecule has 0 radical (unpaired) electrons. The Morgan fingerprint density at radius 2 is 1.57 bits per heavy atom. The Morgan fingerprint density at radius 1 is 0.857 bits per heavy atom. The first kappa shape index (κ1) is 10.2. The lowest BCUT2D eigenvalue weighted by atomic mass is 10.5. The summed E-state index contributed by atoms with van der Waals surface area (Å²) < 4.78 is 0. The van der Waals surface area contributed by atoms with E-state index in [4.69, 9.17) is 0 Å². The van der Waals surface area contributed by atoms with Crippen LogP contribution in [0.1, 0.15) is 11.5 Å². The Hall–Kier alpha value is -1.84. The summed E-state index contributed by atoms with van der Waals surface area (Å²) >= 11 is 0. The third-order valence-corrected chi connectivity index (χ3v) is 1.39. The molecule has 0 aromatic carbocycles. The van der Waals surface area contributed by atoms with Crippen molar-refractivity contribution >= 4 is 0 Å². The van der Waals surface area contributed by atoms with Crippen molar-refractivity contribution in [3.8, 4) is 0 Å². The van der Waals surface area contributed by atoms with Gasteiger partial charge in [-0.25, -0.2) is 9.97 Å². The lowest BCUT2D eigenvalue weighted by molar-refractivity contribution is 1.05. The first-order chi connectivity index (χ1) is 6.79. The van der Waals surface area contributed by atoms with Crippen LogP contribution in [0, 0.1) is 13.8 Å². The maximum atomic E-state index is 3.92. The minimum absolute atomic E-state index is 0.822. The van der Waals surface area contributed by atoms with Crippen LogP contribution in [0.3, 0.4) is 0 Å². The molecule has 0 unspecified atom stereocenters. The maximum absolute atomic E-state index is 3.92. The number of hydrogen-bond donors (Lipinski definition) is 0. The Morgan fingerprint density at radius 3 is 1.86 bits per heavy atom. The molecule has 0 aliphatic rings. The highest BCUT2D eigenvalue weighted by Crippen LogP contribution is 1.81. The van der Waals surface area contributed by atoms with E-state index in [-0.39, 0.29) is 0 Å². The van der Waals surface area contributed by atoms with Crippen LogP contribution in [0.5, 0.6) is 0 Å². The summed E-state index contributed by atoms with van der Waals surface area (Å²) in [5.74, 6) is 0.822. The summed E-state index contributed by atoms with van der Waals surface area (Å²) in [6.45, 7) is 3.77. The Balaban J connectivity index is 0.000000140. The molecule has 0 bridgehead atoms. The van der Waals surface area contributed by atoms with E-state index in [0.717, 1.165) is 11.5 Å². The topological polar surface area (TPSA) is 51.6 Å². The number of aromatic nitrogens is 4. The van der Waals surface area contributed by atoms with E-state index in [9.17, 15) is 0 Å². The zero-order chi connectivity index (χ0) is 10.2. The summed E-state index contributed by atoms with van der Waals surface area (Å²) in [5.41, 5.74) is 0.961. The second-order valence-electron chi connectivity index (χ2n) is 2.64. The fourth-order valence-corrected chi connectivity index (χ4v) is 0.747. The van der Waals surface area contributed by atoms with Gasteiger partial charge in [0.2, 0.25) is 0 Å². The van der Waals surface area contributed by atoms with E-state index >= 15 is 0 Å². The largest absolute Gasteiger partial charge is 0.261 e. The summed E-state index contributed by atoms with van der Waals surface area (Å²) in [6, 6.07) is 1.80. The first-order valence-electron chi connectivity index (χ1n) is 4.25. The molecule has 4 nitrogen and oxygen atoms in total. The SMILES string of the molecule is Cc1cnccn1.Cc1ncccn1. The van der Waals surface area contributed by atoms with E-state index in [1.807, 2.05) is 13.8 Å². The van der Waals surface area contributed by atoms with Crippen molar-refractivity contribution < 1.29 is 0 Å². The van der Waals surface area contributed by atoms with Crippen molar-refractivity contribution in [3.63, 3.8) is 0 Å². The fourth-order valence-electron chi connectivity index (χ4n) is 0.747. The molecule has 0 aliphatic heterocycles. The van der Waals surface area contributed by atoms with Gasteiger partial charge in [0.05, 0.1) is 5.69 Å². The van der Waals surface area contributed by atoms with Crippen molar-refractivity contribution in [2.24, 2.45) is 0 Å². The smallest absolute Gasteiger partial charge is 0.125 e. The van der Waals surface area contributed by atoms with Gasteiger partial charge >= 0.3 is 0 Å². The van der Waals surface area contributed by atoms with Gasteiger partial charge in [-0.2, -0.15) is 0 Å². The summed E-state index contributed by atoms with van der Waals surface area (Å²) in [5, 5.41) is 0. The molecule has 0 spiro atoms. The number of nitrogens with zero attached hydrogens (tertiary/aromatic N) is 4. The van der Waals surface area contributed by atoms with E-state index in [0.29, 0.717) is 0 Å². The van der Waals surface area contributed by atoms with Gasteiger partial charge in [0, 0.05) is 31.0 Å². The Kier molecular flexibility index (Phi) is 4.20. The van der Waals surface area contributed by atoms with Crippen molar-refractivity contribution in [1.82, 2.24) is 19.9 Å². The van der Waals surface area contributed by atoms with Gasteiger partial charge in [0.25, 0.3) is 0 Å². The molecule has 0 atom stereocenters. The molecule has 14 heavy (non-hydrogen) atoms. The van der Waals surface area contributed by atoms with Gasteiger partial charge in [-0.15, -0.1) is 0 Å². The lowest BCUT2D eigenvalue weighted by Gasteiger charge is -1.81. The monoisotopic (exact) mass is 188 g/mol. The Bertz CT molecular complexity index is 310. The fraction of sp³-hybridized carbons (Fsp3) is 0.200. The van der Waals surface area contributed by atoms with Crippen molar-refractivity contribution in [2.75, 3.05) is 0 Å². The van der Waals surface area contributed by atoms with Crippen LogP contribution in [0.15, 0.2) is 37.1 Å². The molecule has 2 rings (SSSR count). The normalized spacial score (nSPS) is 8.71. The zero-order valence-corrected chi connectivity index (χ0v) is 8.25. The van der Waals surface area contributed by atoms with Crippen molar-refractivity contribution in [3.05, 3.63) is 48.6 Å². The third-order valence-electron chi connectivity index (χ3n) is 1.39. The Labute approximate surface area is 83.1 Å². The molecule has 0 saturated carbocycles. The molecular formula is C10H12N4. The molecular weight excluding hydrogens is 176 g/mol. The van der Waals surface area contributed by atoms with Gasteiger partial charge in [-0.1, -0.05) is 0 Å². The summed E-state index contributed by atoms with van der Waals surface area (Å²) in [7, 11) is 0. The van der Waals surface area contributed by atoms with Crippen LogP contribution in [0.2, 0.25) is 0 Å². The van der Waals surface area contributed by atoms with Crippen LogP contribution in [-0.2, 0) is 0 Å². The maximum Gasteiger partial charge on any atom is 0.125 e. The highest BCUT2D eigenvalue weighted by atomic mass is 14.8. The second kappa shape index (κ2) is 5.75. The minimum Gasteiger partial charge on any atom is -0.261 e. The first-order valence-corrected chi connectivity index (χ1v) is 4.25. The summed E-state index contributed by atoms with van der Waals surface area (Å²) in [4.78, 5) is 15.5. The minimum atomic E-state index is 0.822. The highest BCUT2D eigenvalue weighted by molar-refractivity contribution is 4.88. The van der Waals surface area contributed by atoms with Crippen LogP contribution in [0.4, 0.5) is 0 Å². The van der Waals surface area contributed by atoms with Gasteiger partial charge in [0.15, 0.2) is 0 Å². The molecule has 0 amide bonds. The van der Waals surface area contributed by atoms with Gasteiger partial charge in [-0.3, -0.25) is 9.97 Å². The lowest BCUT2D eigenvalue weighted by Crippen LogP contribution is -1.80. The predicted molar refractivity (Wildman–Crippen MR) is 53.5 cm³/mol. The standard InChI is InChI=1S/2C5H6N2/c1-5-4-6-2-3-7-5;1-5-6-3-2-4-7-5/h2*2-4H,1H3. The van der Waals surface area contributed by atoms with E-state index in [2.05, 4.69) is 19.9 Å². The summed E-state index contributed by atoms with van der Waals surface area (Å²) in [6.07, 6.45) is 8.51. The van der Waals surface area contributed by atoms with Crippen LogP contribution < -0.4 is 0 Å². The molecule has 0 saturated heterocycles. The molecule has 2 heterocycles. The van der Waals surface area contributed by atoms with Crippen molar-refractivity contribution in [2.45, 2.75) is 13.8 Å². The van der Waals surface area contributed by atoms with E-state index in [1.165, 1.54) is 0 Å². The van der Waals surface area contributed by atoms with E-state index < -0.39 is 0 Å². The molecule has 0 N–H and O–H groups in total. The molecule has 4 heteroatoms. The molecule has 2 aromatic rings. The molecule has 0 aliphatic carbocycles. The number of aryl methyl sites for hydroxylation is 2. The molecule has 0 fully saturated rings. The van der Waals surface area contributed by atoms with Gasteiger partial charge in [-0.05, 0) is 19.9 Å². The highest BCUT2D eigenvalue weighted by Gasteiger charge is 1.75. The zero-order valence-electron chi connectivity index (χ0n) is 8.25. The molecule has 72 valence electrons. The predicted octanol–water partition coefficient (Wildman–Crippen LogP) is 1.57. The number of hydrogen-bond acceptors (Lipinski definition) is 4. The average molecular weight is 188 g/mol. The van der Waals surface area contributed by atoms with Gasteiger partial charge < -0.3 is 0 Å². The second-order valence-corrected chi connectivity index (χ2v) is 2.64. The molecule has 2 aromatic heterocycles. The van der Waals surface area contributed by atoms with Crippen molar-refractivity contribution in [1.29, 1.82) is 0 Å².